The lowest BCUT2D eigenvalue weighted by molar-refractivity contribution is -0.150. The number of ether oxygens (including phenoxy) is 2. The molecule has 1 atom stereocenters. The van der Waals surface area contributed by atoms with Crippen molar-refractivity contribution in [2.24, 2.45) is 0 Å². The van der Waals surface area contributed by atoms with E-state index >= 15 is 0 Å². The Hall–Kier alpha value is -3.22. The first-order valence-electron chi connectivity index (χ1n) is 8.13. The summed E-state index contributed by atoms with van der Waals surface area (Å²) < 4.78 is 36.2. The maximum atomic E-state index is 13.6. The summed E-state index contributed by atoms with van der Waals surface area (Å²) in [6.45, 7) is 1.61. The fourth-order valence-corrected chi connectivity index (χ4v) is 2.15. The van der Waals surface area contributed by atoms with Crippen LogP contribution in [0.5, 0.6) is 5.75 Å². The molecule has 5 nitrogen and oxygen atoms in total. The van der Waals surface area contributed by atoms with Crippen molar-refractivity contribution in [2.75, 3.05) is 7.11 Å². The number of esters is 1. The number of benzene rings is 2. The van der Waals surface area contributed by atoms with E-state index in [4.69, 9.17) is 9.47 Å². The molecule has 0 unspecified atom stereocenters. The summed E-state index contributed by atoms with van der Waals surface area (Å²) >= 11 is 0. The van der Waals surface area contributed by atoms with Crippen molar-refractivity contribution in [1.29, 1.82) is 0 Å². The van der Waals surface area contributed by atoms with Gasteiger partial charge in [-0.05, 0) is 48.4 Å². The number of nitrogens with one attached hydrogen (secondary N) is 1. The van der Waals surface area contributed by atoms with E-state index in [0.717, 1.165) is 6.08 Å². The third kappa shape index (κ3) is 6.22. The van der Waals surface area contributed by atoms with Gasteiger partial charge in [-0.25, -0.2) is 13.6 Å². The zero-order valence-corrected chi connectivity index (χ0v) is 14.9. The lowest BCUT2D eigenvalue weighted by Crippen LogP contribution is -2.35. The maximum absolute atomic E-state index is 13.6. The van der Waals surface area contributed by atoms with Gasteiger partial charge in [0.15, 0.2) is 17.7 Å². The Kier molecular flexibility index (Phi) is 7.05. The maximum Gasteiger partial charge on any atom is 0.331 e. The van der Waals surface area contributed by atoms with Crippen molar-refractivity contribution in [3.05, 3.63) is 71.3 Å². The van der Waals surface area contributed by atoms with Crippen molar-refractivity contribution in [1.82, 2.24) is 5.32 Å². The Bertz CT molecular complexity index is 834. The number of amides is 1. The SMILES string of the molecule is COc1ccc(/C=C/C(=O)O[C@H](C)C(=O)NCc2ccc(F)cc2)cc1F. The molecule has 2 aromatic carbocycles. The fourth-order valence-electron chi connectivity index (χ4n) is 2.15. The summed E-state index contributed by atoms with van der Waals surface area (Å²) in [5.74, 6) is -2.05. The monoisotopic (exact) mass is 375 g/mol. The summed E-state index contributed by atoms with van der Waals surface area (Å²) in [5.41, 5.74) is 1.16. The second-order valence-electron chi connectivity index (χ2n) is 5.65. The minimum atomic E-state index is -1.02. The van der Waals surface area contributed by atoms with Gasteiger partial charge in [-0.3, -0.25) is 4.79 Å². The van der Waals surface area contributed by atoms with Gasteiger partial charge in [-0.15, -0.1) is 0 Å². The number of hydrogen-bond acceptors (Lipinski definition) is 4. The van der Waals surface area contributed by atoms with Crippen LogP contribution in [0.1, 0.15) is 18.1 Å². The quantitative estimate of drug-likeness (QED) is 0.596. The molecule has 27 heavy (non-hydrogen) atoms. The molecule has 1 N–H and O–H groups in total. The van der Waals surface area contributed by atoms with Gasteiger partial charge in [-0.2, -0.15) is 0 Å². The molecule has 0 radical (unpaired) electrons. The average molecular weight is 375 g/mol. The van der Waals surface area contributed by atoms with Crippen molar-refractivity contribution in [3.8, 4) is 5.75 Å². The van der Waals surface area contributed by atoms with E-state index in [9.17, 15) is 18.4 Å². The van der Waals surface area contributed by atoms with Crippen LogP contribution in [0.3, 0.4) is 0 Å². The largest absolute Gasteiger partial charge is 0.494 e. The summed E-state index contributed by atoms with van der Waals surface area (Å²) in [7, 11) is 1.35. The van der Waals surface area contributed by atoms with Crippen LogP contribution in [0.4, 0.5) is 8.78 Å². The molecular weight excluding hydrogens is 356 g/mol. The zero-order chi connectivity index (χ0) is 19.8. The molecular formula is C20H19F2NO4. The van der Waals surface area contributed by atoms with Gasteiger partial charge in [-0.1, -0.05) is 18.2 Å². The molecule has 0 fully saturated rings. The Morgan fingerprint density at radius 2 is 1.85 bits per heavy atom. The number of carbonyl (C=O) groups excluding carboxylic acids is 2. The highest BCUT2D eigenvalue weighted by Crippen LogP contribution is 2.18. The first kappa shape index (κ1) is 20.1. The predicted octanol–water partition coefficient (Wildman–Crippen LogP) is 3.23. The summed E-state index contributed by atoms with van der Waals surface area (Å²) in [6.07, 6.45) is 1.45. The van der Waals surface area contributed by atoms with Crippen LogP contribution < -0.4 is 10.1 Å². The molecule has 0 aliphatic rings. The molecule has 0 heterocycles. The molecule has 0 aromatic heterocycles. The van der Waals surface area contributed by atoms with Crippen molar-refractivity contribution < 1.29 is 27.8 Å². The normalized spacial score (nSPS) is 11.9. The van der Waals surface area contributed by atoms with E-state index in [1.54, 1.807) is 18.2 Å². The van der Waals surface area contributed by atoms with Crippen LogP contribution in [0.15, 0.2) is 48.5 Å². The number of halogens is 2. The first-order valence-corrected chi connectivity index (χ1v) is 8.13. The number of hydrogen-bond donors (Lipinski definition) is 1. The molecule has 0 saturated carbocycles. The van der Waals surface area contributed by atoms with E-state index < -0.39 is 23.8 Å². The summed E-state index contributed by atoms with van der Waals surface area (Å²) in [5, 5.41) is 2.59. The van der Waals surface area contributed by atoms with E-state index in [2.05, 4.69) is 5.32 Å². The molecule has 1 amide bonds. The predicted molar refractivity (Wildman–Crippen MR) is 95.8 cm³/mol. The molecule has 0 aliphatic carbocycles. The van der Waals surface area contributed by atoms with Crippen LogP contribution in [0.25, 0.3) is 6.08 Å². The molecule has 7 heteroatoms. The van der Waals surface area contributed by atoms with Crippen molar-refractivity contribution >= 4 is 18.0 Å². The zero-order valence-electron chi connectivity index (χ0n) is 14.9. The highest BCUT2D eigenvalue weighted by molar-refractivity contribution is 5.90. The van der Waals surface area contributed by atoms with E-state index in [1.165, 1.54) is 44.4 Å². The van der Waals surface area contributed by atoms with Crippen molar-refractivity contribution in [3.63, 3.8) is 0 Å². The smallest absolute Gasteiger partial charge is 0.331 e. The van der Waals surface area contributed by atoms with Gasteiger partial charge in [0.2, 0.25) is 0 Å². The molecule has 0 spiro atoms. The van der Waals surface area contributed by atoms with E-state index in [1.807, 2.05) is 0 Å². The van der Waals surface area contributed by atoms with Gasteiger partial charge in [0.05, 0.1) is 7.11 Å². The molecule has 2 rings (SSSR count). The summed E-state index contributed by atoms with van der Waals surface area (Å²) in [4.78, 5) is 23.8. The highest BCUT2D eigenvalue weighted by atomic mass is 19.1. The number of methoxy groups -OCH3 is 1. The van der Waals surface area contributed by atoms with Gasteiger partial charge in [0.25, 0.3) is 5.91 Å². The molecule has 142 valence electrons. The molecule has 0 saturated heterocycles. The minimum Gasteiger partial charge on any atom is -0.494 e. The Balaban J connectivity index is 1.84. The lowest BCUT2D eigenvalue weighted by Gasteiger charge is -2.12. The third-order valence-corrected chi connectivity index (χ3v) is 3.63. The van der Waals surface area contributed by atoms with E-state index in [0.29, 0.717) is 11.1 Å². The van der Waals surface area contributed by atoms with Gasteiger partial charge < -0.3 is 14.8 Å². The van der Waals surface area contributed by atoms with E-state index in [-0.39, 0.29) is 18.1 Å². The summed E-state index contributed by atoms with van der Waals surface area (Å²) in [6, 6.07) is 9.89. The van der Waals surface area contributed by atoms with Crippen LogP contribution >= 0.6 is 0 Å². The Morgan fingerprint density at radius 1 is 1.15 bits per heavy atom. The number of rotatable bonds is 7. The average Bonchev–Trinajstić information content (AvgIpc) is 2.65. The van der Waals surface area contributed by atoms with Crippen LogP contribution in [-0.4, -0.2) is 25.1 Å². The second-order valence-corrected chi connectivity index (χ2v) is 5.65. The second kappa shape index (κ2) is 9.47. The fraction of sp³-hybridized carbons (Fsp3) is 0.200. The van der Waals surface area contributed by atoms with Crippen LogP contribution in [0.2, 0.25) is 0 Å². The van der Waals surface area contributed by atoms with Crippen LogP contribution in [0, 0.1) is 11.6 Å². The topological polar surface area (TPSA) is 64.6 Å². The molecule has 0 aliphatic heterocycles. The first-order chi connectivity index (χ1) is 12.9. The Morgan fingerprint density at radius 3 is 2.48 bits per heavy atom. The molecule has 2 aromatic rings. The van der Waals surface area contributed by atoms with Gasteiger partial charge in [0.1, 0.15) is 5.82 Å². The third-order valence-electron chi connectivity index (χ3n) is 3.63. The van der Waals surface area contributed by atoms with Crippen molar-refractivity contribution in [2.45, 2.75) is 19.6 Å². The Labute approximate surface area is 155 Å². The molecule has 0 bridgehead atoms. The number of carbonyl (C=O) groups is 2. The standard InChI is InChI=1S/C20H19F2NO4/c1-13(20(25)23-12-15-3-7-16(21)8-4-15)27-19(24)10-6-14-5-9-18(26-2)17(22)11-14/h3-11,13H,12H2,1-2H3,(H,23,25)/b10-6+/t13-/m1/s1. The van der Waals surface area contributed by atoms with Crippen LogP contribution in [-0.2, 0) is 20.9 Å². The van der Waals surface area contributed by atoms with Gasteiger partial charge in [0, 0.05) is 12.6 Å². The lowest BCUT2D eigenvalue weighted by atomic mass is 10.2. The van der Waals surface area contributed by atoms with Gasteiger partial charge >= 0.3 is 5.97 Å². The minimum absolute atomic E-state index is 0.0983. The highest BCUT2D eigenvalue weighted by Gasteiger charge is 2.16.